The zero-order valence-corrected chi connectivity index (χ0v) is 18.3. The SMILES string of the molecule is COC(OC)C1CC(=O)N1C(O)C(=O)OCc1cccc(NC(=O)COc2ccccc2)c1. The maximum absolute atomic E-state index is 12.3. The van der Waals surface area contributed by atoms with Gasteiger partial charge in [-0.15, -0.1) is 0 Å². The van der Waals surface area contributed by atoms with E-state index in [-0.39, 0.29) is 25.5 Å². The van der Waals surface area contributed by atoms with Crippen LogP contribution in [0.5, 0.6) is 5.75 Å². The second-order valence-corrected chi connectivity index (χ2v) is 7.24. The van der Waals surface area contributed by atoms with Crippen LogP contribution in [-0.4, -0.2) is 67.2 Å². The fraction of sp³-hybridized carbons (Fsp3) is 0.348. The molecule has 0 aliphatic carbocycles. The van der Waals surface area contributed by atoms with Crippen LogP contribution in [0, 0.1) is 0 Å². The number of β-lactam (4-membered cyclic amide) rings is 1. The van der Waals surface area contributed by atoms with E-state index in [0.29, 0.717) is 17.0 Å². The Labute approximate surface area is 191 Å². The lowest BCUT2D eigenvalue weighted by Crippen LogP contribution is -2.64. The summed E-state index contributed by atoms with van der Waals surface area (Å²) in [4.78, 5) is 37.3. The van der Waals surface area contributed by atoms with Gasteiger partial charge in [-0.05, 0) is 29.8 Å². The molecule has 1 saturated heterocycles. The van der Waals surface area contributed by atoms with Gasteiger partial charge in [-0.3, -0.25) is 14.5 Å². The van der Waals surface area contributed by atoms with E-state index in [1.54, 1.807) is 48.5 Å². The van der Waals surface area contributed by atoms with Crippen LogP contribution in [0.1, 0.15) is 12.0 Å². The van der Waals surface area contributed by atoms with Gasteiger partial charge in [0.05, 0.1) is 12.5 Å². The number of hydrogen-bond acceptors (Lipinski definition) is 8. The number of para-hydroxylation sites is 1. The van der Waals surface area contributed by atoms with Crippen molar-refractivity contribution in [2.24, 2.45) is 0 Å². The van der Waals surface area contributed by atoms with E-state index in [9.17, 15) is 19.5 Å². The zero-order valence-electron chi connectivity index (χ0n) is 18.3. The molecule has 10 heteroatoms. The van der Waals surface area contributed by atoms with E-state index >= 15 is 0 Å². The van der Waals surface area contributed by atoms with Crippen LogP contribution in [-0.2, 0) is 35.2 Å². The molecule has 0 saturated carbocycles. The highest BCUT2D eigenvalue weighted by atomic mass is 16.7. The smallest absolute Gasteiger partial charge is 0.356 e. The second kappa shape index (κ2) is 11.4. The number of carbonyl (C=O) groups is 3. The van der Waals surface area contributed by atoms with Crippen LogP contribution in [0.25, 0.3) is 0 Å². The van der Waals surface area contributed by atoms with Crippen LogP contribution in [0.15, 0.2) is 54.6 Å². The molecule has 33 heavy (non-hydrogen) atoms. The molecule has 0 aromatic heterocycles. The molecule has 2 unspecified atom stereocenters. The summed E-state index contributed by atoms with van der Waals surface area (Å²) < 4.78 is 20.8. The first kappa shape index (κ1) is 24.2. The van der Waals surface area contributed by atoms with Gasteiger partial charge in [-0.1, -0.05) is 30.3 Å². The van der Waals surface area contributed by atoms with Crippen LogP contribution < -0.4 is 10.1 Å². The zero-order chi connectivity index (χ0) is 23.8. The number of rotatable bonds is 11. The van der Waals surface area contributed by atoms with E-state index in [0.717, 1.165) is 4.90 Å². The Morgan fingerprint density at radius 2 is 1.85 bits per heavy atom. The topological polar surface area (TPSA) is 124 Å². The first-order valence-corrected chi connectivity index (χ1v) is 10.2. The predicted octanol–water partition coefficient (Wildman–Crippen LogP) is 1.29. The van der Waals surface area contributed by atoms with Crippen molar-refractivity contribution in [1.29, 1.82) is 0 Å². The Balaban J connectivity index is 1.50. The molecule has 2 aromatic rings. The highest BCUT2D eigenvalue weighted by molar-refractivity contribution is 5.92. The summed E-state index contributed by atoms with van der Waals surface area (Å²) in [5.74, 6) is -1.16. The molecule has 1 aliphatic heterocycles. The van der Waals surface area contributed by atoms with E-state index in [1.165, 1.54) is 14.2 Å². The molecule has 1 fully saturated rings. The van der Waals surface area contributed by atoms with Crippen molar-refractivity contribution in [2.45, 2.75) is 31.6 Å². The van der Waals surface area contributed by atoms with Gasteiger partial charge in [0.15, 0.2) is 12.9 Å². The Kier molecular flexibility index (Phi) is 8.36. The third-order valence-corrected chi connectivity index (χ3v) is 4.99. The molecule has 176 valence electrons. The molecule has 2 aromatic carbocycles. The molecule has 0 bridgehead atoms. The van der Waals surface area contributed by atoms with E-state index < -0.39 is 30.4 Å². The van der Waals surface area contributed by atoms with Crippen LogP contribution >= 0.6 is 0 Å². The average molecular weight is 458 g/mol. The molecule has 2 atom stereocenters. The van der Waals surface area contributed by atoms with Gasteiger partial charge in [0.1, 0.15) is 12.4 Å². The van der Waals surface area contributed by atoms with Crippen molar-refractivity contribution < 1.29 is 38.4 Å². The number of ether oxygens (including phenoxy) is 4. The van der Waals surface area contributed by atoms with E-state index in [2.05, 4.69) is 5.32 Å². The normalized spacial score (nSPS) is 16.2. The van der Waals surface area contributed by atoms with Gasteiger partial charge >= 0.3 is 5.97 Å². The number of aliphatic hydroxyl groups is 1. The molecular formula is C23H26N2O8. The third kappa shape index (κ3) is 6.28. The monoisotopic (exact) mass is 458 g/mol. The van der Waals surface area contributed by atoms with Crippen molar-refractivity contribution in [2.75, 3.05) is 26.1 Å². The lowest BCUT2D eigenvalue weighted by Gasteiger charge is -2.44. The van der Waals surface area contributed by atoms with Crippen molar-refractivity contribution in [3.05, 3.63) is 60.2 Å². The molecular weight excluding hydrogens is 432 g/mol. The summed E-state index contributed by atoms with van der Waals surface area (Å²) in [6, 6.07) is 15.0. The largest absolute Gasteiger partial charge is 0.484 e. The van der Waals surface area contributed by atoms with Crippen LogP contribution in [0.2, 0.25) is 0 Å². The summed E-state index contributed by atoms with van der Waals surface area (Å²) in [5, 5.41) is 13.0. The maximum Gasteiger partial charge on any atom is 0.356 e. The fourth-order valence-corrected chi connectivity index (χ4v) is 3.35. The molecule has 0 radical (unpaired) electrons. The Morgan fingerprint density at radius 3 is 2.52 bits per heavy atom. The second-order valence-electron chi connectivity index (χ2n) is 7.24. The highest BCUT2D eigenvalue weighted by Crippen LogP contribution is 2.27. The summed E-state index contributed by atoms with van der Waals surface area (Å²) in [6.07, 6.45) is -2.45. The van der Waals surface area contributed by atoms with Crippen molar-refractivity contribution in [1.82, 2.24) is 4.90 Å². The fourth-order valence-electron chi connectivity index (χ4n) is 3.35. The van der Waals surface area contributed by atoms with Crippen molar-refractivity contribution in [3.63, 3.8) is 0 Å². The third-order valence-electron chi connectivity index (χ3n) is 4.99. The Bertz CT molecular complexity index is 964. The number of benzene rings is 2. The highest BCUT2D eigenvalue weighted by Gasteiger charge is 2.48. The van der Waals surface area contributed by atoms with Crippen LogP contribution in [0.3, 0.4) is 0 Å². The van der Waals surface area contributed by atoms with Crippen molar-refractivity contribution in [3.8, 4) is 5.75 Å². The Morgan fingerprint density at radius 1 is 1.12 bits per heavy atom. The number of esters is 1. The number of amides is 2. The quantitative estimate of drug-likeness (QED) is 0.293. The number of nitrogens with one attached hydrogen (secondary N) is 1. The van der Waals surface area contributed by atoms with Gasteiger partial charge in [-0.25, -0.2) is 4.79 Å². The van der Waals surface area contributed by atoms with Crippen molar-refractivity contribution >= 4 is 23.5 Å². The van der Waals surface area contributed by atoms with Gasteiger partial charge < -0.3 is 29.4 Å². The molecule has 1 aliphatic rings. The number of aliphatic hydroxyl groups excluding tert-OH is 1. The van der Waals surface area contributed by atoms with E-state index in [1.807, 2.05) is 6.07 Å². The number of carbonyl (C=O) groups excluding carboxylic acids is 3. The summed E-state index contributed by atoms with van der Waals surface area (Å²) in [5.41, 5.74) is 1.07. The lowest BCUT2D eigenvalue weighted by atomic mass is 10.0. The molecule has 2 amide bonds. The molecule has 2 N–H and O–H groups in total. The van der Waals surface area contributed by atoms with Crippen LogP contribution in [0.4, 0.5) is 5.69 Å². The van der Waals surface area contributed by atoms with Gasteiger partial charge in [-0.2, -0.15) is 0 Å². The number of nitrogens with zero attached hydrogens (tertiary/aromatic N) is 1. The minimum atomic E-state index is -1.78. The summed E-state index contributed by atoms with van der Waals surface area (Å²) >= 11 is 0. The summed E-state index contributed by atoms with van der Waals surface area (Å²) in [6.45, 7) is -0.324. The molecule has 1 heterocycles. The number of methoxy groups -OCH3 is 2. The first-order chi connectivity index (χ1) is 15.9. The average Bonchev–Trinajstić information content (AvgIpc) is 2.82. The predicted molar refractivity (Wildman–Crippen MR) is 116 cm³/mol. The van der Waals surface area contributed by atoms with Gasteiger partial charge in [0.25, 0.3) is 5.91 Å². The first-order valence-electron chi connectivity index (χ1n) is 10.2. The number of likely N-dealkylation sites (tertiary alicyclic amines) is 1. The molecule has 0 spiro atoms. The minimum absolute atomic E-state index is 0.0897. The number of anilines is 1. The van der Waals surface area contributed by atoms with E-state index in [4.69, 9.17) is 18.9 Å². The summed E-state index contributed by atoms with van der Waals surface area (Å²) in [7, 11) is 2.80. The molecule has 10 nitrogen and oxygen atoms in total. The lowest BCUT2D eigenvalue weighted by molar-refractivity contribution is -0.215. The standard InChI is InChI=1S/C23H26N2O8/c1-30-23(31-2)18-12-20(27)25(18)21(28)22(29)33-13-15-7-6-8-16(11-15)24-19(26)14-32-17-9-4-3-5-10-17/h3-11,18,21,23,28H,12-14H2,1-2H3,(H,24,26). The number of hydrogen-bond donors (Lipinski definition) is 2. The maximum atomic E-state index is 12.3. The van der Waals surface area contributed by atoms with Gasteiger partial charge in [0.2, 0.25) is 12.1 Å². The van der Waals surface area contributed by atoms with Gasteiger partial charge in [0, 0.05) is 19.9 Å². The molecule has 3 rings (SSSR count). The minimum Gasteiger partial charge on any atom is -0.484 e. The Hall–Kier alpha value is -3.47.